The third-order valence-electron chi connectivity index (χ3n) is 3.01. The Bertz CT molecular complexity index is 821. The molecule has 3 rings (SSSR count). The summed E-state index contributed by atoms with van der Waals surface area (Å²) in [5.41, 5.74) is 5.32. The van der Waals surface area contributed by atoms with Crippen LogP contribution < -0.4 is 5.73 Å². The molecule has 3 aromatic rings. The Morgan fingerprint density at radius 2 is 1.87 bits per heavy atom. The maximum absolute atomic E-state index is 12.6. The Hall–Kier alpha value is -2.49. The van der Waals surface area contributed by atoms with Gasteiger partial charge in [-0.25, -0.2) is 9.67 Å². The van der Waals surface area contributed by atoms with Gasteiger partial charge in [0.25, 0.3) is 0 Å². The molecule has 6 nitrogen and oxygen atoms in total. The smallest absolute Gasteiger partial charge is 0.374 e. The first kappa shape index (κ1) is 15.4. The lowest BCUT2D eigenvalue weighted by atomic mass is 10.2. The van der Waals surface area contributed by atoms with Crippen molar-refractivity contribution in [1.29, 1.82) is 0 Å². The van der Waals surface area contributed by atoms with Crippen LogP contribution in [0.4, 0.5) is 18.3 Å². The van der Waals surface area contributed by atoms with E-state index in [9.17, 15) is 13.2 Å². The fourth-order valence-corrected chi connectivity index (χ4v) is 2.65. The molecule has 0 aliphatic carbocycles. The molecule has 0 saturated carbocycles. The average molecular weight is 340 g/mol. The highest BCUT2D eigenvalue weighted by Crippen LogP contribution is 2.29. The van der Waals surface area contributed by atoms with Crippen molar-refractivity contribution in [2.24, 2.45) is 0 Å². The van der Waals surface area contributed by atoms with Gasteiger partial charge in [-0.1, -0.05) is 11.3 Å². The molecule has 0 amide bonds. The van der Waals surface area contributed by atoms with E-state index in [1.807, 2.05) is 0 Å². The average Bonchev–Trinajstić information content (AvgIpc) is 3.04. The van der Waals surface area contributed by atoms with E-state index in [1.165, 1.54) is 28.2 Å². The summed E-state index contributed by atoms with van der Waals surface area (Å²) in [5, 5.41) is 12.9. The summed E-state index contributed by atoms with van der Waals surface area (Å²) in [6, 6.07) is 4.74. The predicted octanol–water partition coefficient (Wildman–Crippen LogP) is 2.62. The summed E-state index contributed by atoms with van der Waals surface area (Å²) < 4.78 is 39.4. The van der Waals surface area contributed by atoms with E-state index < -0.39 is 11.7 Å². The number of nitrogens with zero attached hydrogens (tertiary/aromatic N) is 5. The number of alkyl halides is 3. The van der Waals surface area contributed by atoms with Gasteiger partial charge >= 0.3 is 6.18 Å². The lowest BCUT2D eigenvalue weighted by molar-refractivity contribution is -0.137. The van der Waals surface area contributed by atoms with Crippen LogP contribution in [0.25, 0.3) is 5.69 Å². The molecule has 0 unspecified atom stereocenters. The SMILES string of the molecule is Cc1nc(Cc2nnc(N)s2)n(-c2ccc(C(F)(F)F)cc2)n1. The summed E-state index contributed by atoms with van der Waals surface area (Å²) in [5.74, 6) is 1.07. The first-order valence-corrected chi connectivity index (χ1v) is 7.32. The Morgan fingerprint density at radius 1 is 1.17 bits per heavy atom. The van der Waals surface area contributed by atoms with Gasteiger partial charge < -0.3 is 5.73 Å². The number of benzene rings is 1. The highest BCUT2D eigenvalue weighted by molar-refractivity contribution is 7.15. The predicted molar refractivity (Wildman–Crippen MR) is 78.2 cm³/mol. The second-order valence-corrected chi connectivity index (χ2v) is 5.84. The van der Waals surface area contributed by atoms with Crippen LogP contribution in [0.3, 0.4) is 0 Å². The number of nitrogen functional groups attached to an aromatic ring is 1. The fraction of sp³-hybridized carbons (Fsp3) is 0.231. The largest absolute Gasteiger partial charge is 0.416 e. The Kier molecular flexibility index (Phi) is 3.76. The molecule has 0 spiro atoms. The number of halogens is 3. The van der Waals surface area contributed by atoms with E-state index in [2.05, 4.69) is 20.3 Å². The molecule has 0 aliphatic heterocycles. The summed E-state index contributed by atoms with van der Waals surface area (Å²) in [6.45, 7) is 1.71. The van der Waals surface area contributed by atoms with E-state index in [-0.39, 0.29) is 0 Å². The normalized spacial score (nSPS) is 11.8. The van der Waals surface area contributed by atoms with Crippen molar-refractivity contribution in [1.82, 2.24) is 25.0 Å². The van der Waals surface area contributed by atoms with Crippen molar-refractivity contribution >= 4 is 16.5 Å². The van der Waals surface area contributed by atoms with Crippen LogP contribution in [0.1, 0.15) is 22.2 Å². The first-order valence-electron chi connectivity index (χ1n) is 6.51. The van der Waals surface area contributed by atoms with Crippen molar-refractivity contribution in [2.45, 2.75) is 19.5 Å². The van der Waals surface area contributed by atoms with Crippen molar-refractivity contribution in [2.75, 3.05) is 5.73 Å². The molecule has 0 saturated heterocycles. The summed E-state index contributed by atoms with van der Waals surface area (Å²) >= 11 is 1.23. The van der Waals surface area contributed by atoms with Crippen molar-refractivity contribution in [3.63, 3.8) is 0 Å². The van der Waals surface area contributed by atoms with Gasteiger partial charge in [0.1, 0.15) is 16.7 Å². The number of aryl methyl sites for hydroxylation is 1. The van der Waals surface area contributed by atoms with Crippen LogP contribution in [0, 0.1) is 6.92 Å². The fourth-order valence-electron chi connectivity index (χ4n) is 2.04. The molecular weight excluding hydrogens is 329 g/mol. The van der Waals surface area contributed by atoms with Gasteiger partial charge in [0.15, 0.2) is 0 Å². The lowest BCUT2D eigenvalue weighted by Crippen LogP contribution is -2.07. The molecule has 0 atom stereocenters. The van der Waals surface area contributed by atoms with Crippen LogP contribution in [0.15, 0.2) is 24.3 Å². The minimum atomic E-state index is -4.37. The van der Waals surface area contributed by atoms with Crippen LogP contribution >= 0.6 is 11.3 Å². The molecule has 10 heteroatoms. The van der Waals surface area contributed by atoms with Gasteiger partial charge in [-0.15, -0.1) is 10.2 Å². The Labute approximate surface area is 132 Å². The van der Waals surface area contributed by atoms with Gasteiger partial charge in [-0.3, -0.25) is 0 Å². The van der Waals surface area contributed by atoms with Gasteiger partial charge in [-0.2, -0.15) is 18.3 Å². The second kappa shape index (κ2) is 5.61. The number of anilines is 1. The van der Waals surface area contributed by atoms with Gasteiger partial charge in [0, 0.05) is 0 Å². The highest BCUT2D eigenvalue weighted by atomic mass is 32.1. The number of rotatable bonds is 3. The minimum absolute atomic E-state index is 0.344. The van der Waals surface area contributed by atoms with Crippen LogP contribution in [0.2, 0.25) is 0 Å². The number of aromatic nitrogens is 5. The minimum Gasteiger partial charge on any atom is -0.374 e. The first-order chi connectivity index (χ1) is 10.8. The third kappa shape index (κ3) is 3.31. The quantitative estimate of drug-likeness (QED) is 0.792. The molecule has 1 aromatic carbocycles. The Balaban J connectivity index is 1.93. The second-order valence-electron chi connectivity index (χ2n) is 4.74. The van der Waals surface area contributed by atoms with Crippen LogP contribution in [-0.2, 0) is 12.6 Å². The molecule has 23 heavy (non-hydrogen) atoms. The van der Waals surface area contributed by atoms with Crippen LogP contribution in [0.5, 0.6) is 0 Å². The number of hydrogen-bond donors (Lipinski definition) is 1. The zero-order valence-electron chi connectivity index (χ0n) is 11.9. The number of nitrogens with two attached hydrogens (primary N) is 1. The van der Waals surface area contributed by atoms with Gasteiger partial charge in [-0.05, 0) is 31.2 Å². The molecule has 120 valence electrons. The molecule has 0 aliphatic rings. The molecule has 0 bridgehead atoms. The van der Waals surface area contributed by atoms with Crippen molar-refractivity contribution < 1.29 is 13.2 Å². The molecule has 0 radical (unpaired) electrons. The molecule has 2 heterocycles. The third-order valence-corrected chi connectivity index (χ3v) is 3.76. The summed E-state index contributed by atoms with van der Waals surface area (Å²) in [6.07, 6.45) is -4.03. The monoisotopic (exact) mass is 340 g/mol. The van der Waals surface area contributed by atoms with E-state index in [1.54, 1.807) is 6.92 Å². The maximum Gasteiger partial charge on any atom is 0.416 e. The zero-order chi connectivity index (χ0) is 16.6. The maximum atomic E-state index is 12.6. The zero-order valence-corrected chi connectivity index (χ0v) is 12.7. The van der Waals surface area contributed by atoms with Gasteiger partial charge in [0.05, 0.1) is 17.7 Å². The van der Waals surface area contributed by atoms with E-state index in [4.69, 9.17) is 5.73 Å². The van der Waals surface area contributed by atoms with Crippen LogP contribution in [-0.4, -0.2) is 25.0 Å². The van der Waals surface area contributed by atoms with E-state index >= 15 is 0 Å². The lowest BCUT2D eigenvalue weighted by Gasteiger charge is -2.08. The molecule has 0 fully saturated rings. The van der Waals surface area contributed by atoms with Crippen molar-refractivity contribution in [3.05, 3.63) is 46.5 Å². The van der Waals surface area contributed by atoms with Crippen molar-refractivity contribution in [3.8, 4) is 5.69 Å². The standard InChI is InChI=1S/C13H11F3N6S/c1-7-18-10(6-11-19-20-12(17)23-11)22(21-7)9-4-2-8(3-5-9)13(14,15)16/h2-5H,6H2,1H3,(H2,17,20). The molecule has 2 aromatic heterocycles. The molecule has 2 N–H and O–H groups in total. The molecular formula is C13H11F3N6S. The van der Waals surface area contributed by atoms with E-state index in [0.717, 1.165) is 12.1 Å². The topological polar surface area (TPSA) is 82.5 Å². The summed E-state index contributed by atoms with van der Waals surface area (Å²) in [7, 11) is 0. The Morgan fingerprint density at radius 3 is 2.43 bits per heavy atom. The number of hydrogen-bond acceptors (Lipinski definition) is 6. The van der Waals surface area contributed by atoms with Gasteiger partial charge in [0.2, 0.25) is 5.13 Å². The van der Waals surface area contributed by atoms with E-state index in [0.29, 0.717) is 33.9 Å². The highest BCUT2D eigenvalue weighted by Gasteiger charge is 2.30. The summed E-state index contributed by atoms with van der Waals surface area (Å²) in [4.78, 5) is 4.29.